The first-order chi connectivity index (χ1) is 9.04. The van der Waals surface area contributed by atoms with E-state index in [1.54, 1.807) is 0 Å². The first-order valence-corrected chi connectivity index (χ1v) is 6.45. The van der Waals surface area contributed by atoms with Crippen molar-refractivity contribution in [1.29, 1.82) is 0 Å². The molecule has 0 aromatic heterocycles. The van der Waals surface area contributed by atoms with Crippen LogP contribution < -0.4 is 5.32 Å². The van der Waals surface area contributed by atoms with Gasteiger partial charge in [-0.05, 0) is 36.8 Å². The zero-order valence-corrected chi connectivity index (χ0v) is 11.5. The van der Waals surface area contributed by atoms with Gasteiger partial charge in [-0.2, -0.15) is 0 Å². The molecule has 1 aromatic carbocycles. The highest BCUT2D eigenvalue weighted by molar-refractivity contribution is 7.80. The van der Waals surface area contributed by atoms with E-state index in [0.717, 1.165) is 19.3 Å². The Morgan fingerprint density at radius 2 is 2.16 bits per heavy atom. The Hall–Kier alpha value is -1.82. The monoisotopic (exact) mass is 283 g/mol. The Morgan fingerprint density at radius 3 is 2.79 bits per heavy atom. The number of anilines is 1. The van der Waals surface area contributed by atoms with E-state index in [1.807, 2.05) is 0 Å². The van der Waals surface area contributed by atoms with Crippen LogP contribution in [0.25, 0.3) is 0 Å². The maximum Gasteiger partial charge on any atom is 0.339 e. The van der Waals surface area contributed by atoms with Gasteiger partial charge in [0.2, 0.25) is 0 Å². The Bertz CT molecular complexity index is 462. The predicted octanol–water partition coefficient (Wildman–Crippen LogP) is 2.99. The number of hydrogen-bond donors (Lipinski definition) is 3. The Labute approximate surface area is 117 Å². The predicted molar refractivity (Wildman–Crippen MR) is 76.8 cm³/mol. The smallest absolute Gasteiger partial charge is 0.339 e. The molecule has 0 amide bonds. The highest BCUT2D eigenvalue weighted by Gasteiger charge is 2.10. The van der Waals surface area contributed by atoms with E-state index in [4.69, 9.17) is 22.1 Å². The number of phenols is 1. The number of carbonyl (C=O) groups is 1. The first-order valence-electron chi connectivity index (χ1n) is 6.04. The van der Waals surface area contributed by atoms with Crippen molar-refractivity contribution in [2.24, 2.45) is 0 Å². The van der Waals surface area contributed by atoms with Gasteiger partial charge in [-0.25, -0.2) is 4.79 Å². The van der Waals surface area contributed by atoms with E-state index in [9.17, 15) is 9.90 Å². The molecule has 0 heterocycles. The van der Waals surface area contributed by atoms with Crippen molar-refractivity contribution in [3.05, 3.63) is 23.8 Å². The molecule has 0 unspecified atom stereocenters. The van der Waals surface area contributed by atoms with Gasteiger partial charge in [0.15, 0.2) is 0 Å². The summed E-state index contributed by atoms with van der Waals surface area (Å²) in [4.78, 5) is 10.9. The van der Waals surface area contributed by atoms with Crippen molar-refractivity contribution in [3.8, 4) is 5.75 Å². The number of nitrogens with one attached hydrogen (secondary N) is 1. The number of unbranched alkanes of at least 4 members (excludes halogenated alkanes) is 2. The highest BCUT2D eigenvalue weighted by atomic mass is 32.1. The minimum absolute atomic E-state index is 0.182. The number of benzene rings is 1. The van der Waals surface area contributed by atoms with Crippen LogP contribution in [0.2, 0.25) is 0 Å². The molecule has 0 aliphatic carbocycles. The number of aromatic hydroxyl groups is 1. The molecular weight excluding hydrogens is 266 g/mol. The van der Waals surface area contributed by atoms with E-state index in [-0.39, 0.29) is 16.5 Å². The minimum Gasteiger partial charge on any atom is -0.507 e. The van der Waals surface area contributed by atoms with Crippen LogP contribution in [0, 0.1) is 0 Å². The third-order valence-corrected chi connectivity index (χ3v) is 2.67. The second-order valence-corrected chi connectivity index (χ2v) is 4.38. The average molecular weight is 283 g/mol. The zero-order chi connectivity index (χ0) is 14.3. The molecule has 19 heavy (non-hydrogen) atoms. The van der Waals surface area contributed by atoms with Crippen LogP contribution >= 0.6 is 12.2 Å². The zero-order valence-electron chi connectivity index (χ0n) is 10.7. The molecular formula is C13H17NO4S. The molecule has 0 fully saturated rings. The lowest BCUT2D eigenvalue weighted by atomic mass is 10.2. The fourth-order valence-corrected chi connectivity index (χ4v) is 1.66. The van der Waals surface area contributed by atoms with Gasteiger partial charge < -0.3 is 20.3 Å². The first kappa shape index (κ1) is 15.2. The molecule has 0 atom stereocenters. The minimum atomic E-state index is -1.20. The summed E-state index contributed by atoms with van der Waals surface area (Å²) >= 11 is 4.98. The number of thiocarbonyl (C=S) groups is 1. The van der Waals surface area contributed by atoms with E-state index in [2.05, 4.69) is 12.2 Å². The maximum absolute atomic E-state index is 10.9. The lowest BCUT2D eigenvalue weighted by Crippen LogP contribution is -2.14. The van der Waals surface area contributed by atoms with Crippen LogP contribution in [0.1, 0.15) is 36.5 Å². The van der Waals surface area contributed by atoms with Crippen molar-refractivity contribution in [2.45, 2.75) is 26.2 Å². The van der Waals surface area contributed by atoms with Crippen LogP contribution in [0.4, 0.5) is 5.69 Å². The van der Waals surface area contributed by atoms with Crippen LogP contribution in [0.5, 0.6) is 5.75 Å². The molecule has 0 aliphatic heterocycles. The number of ether oxygens (including phenoxy) is 1. The van der Waals surface area contributed by atoms with Crippen LogP contribution in [-0.2, 0) is 4.74 Å². The number of rotatable bonds is 6. The number of carboxylic acid groups (broad SMARTS) is 1. The highest BCUT2D eigenvalue weighted by Crippen LogP contribution is 2.21. The van der Waals surface area contributed by atoms with Crippen molar-refractivity contribution < 1.29 is 19.7 Å². The molecule has 0 aliphatic rings. The SMILES string of the molecule is CCCCCOC(=S)Nc1ccc(O)c(C(=O)O)c1. The normalized spacial score (nSPS) is 9.95. The fraction of sp³-hybridized carbons (Fsp3) is 0.385. The summed E-state index contributed by atoms with van der Waals surface area (Å²) in [5.41, 5.74) is 0.287. The van der Waals surface area contributed by atoms with E-state index >= 15 is 0 Å². The summed E-state index contributed by atoms with van der Waals surface area (Å²) in [6.07, 6.45) is 3.10. The average Bonchev–Trinajstić information content (AvgIpc) is 2.36. The summed E-state index contributed by atoms with van der Waals surface area (Å²) in [6.45, 7) is 2.63. The molecule has 0 saturated carbocycles. The van der Waals surface area contributed by atoms with Gasteiger partial charge in [0.1, 0.15) is 11.3 Å². The number of aromatic carboxylic acids is 1. The van der Waals surface area contributed by atoms with Gasteiger partial charge >= 0.3 is 5.97 Å². The molecule has 0 spiro atoms. The Morgan fingerprint density at radius 1 is 1.42 bits per heavy atom. The summed E-state index contributed by atoms with van der Waals surface area (Å²) in [5, 5.41) is 21.2. The topological polar surface area (TPSA) is 78.8 Å². The summed E-state index contributed by atoms with van der Waals surface area (Å²) in [7, 11) is 0. The summed E-state index contributed by atoms with van der Waals surface area (Å²) < 4.78 is 5.29. The molecule has 5 nitrogen and oxygen atoms in total. The second-order valence-electron chi connectivity index (χ2n) is 4.01. The van der Waals surface area contributed by atoms with Crippen molar-refractivity contribution >= 4 is 29.0 Å². The van der Waals surface area contributed by atoms with Crippen LogP contribution in [0.15, 0.2) is 18.2 Å². The summed E-state index contributed by atoms with van der Waals surface area (Å²) in [5.74, 6) is -1.48. The third kappa shape index (κ3) is 5.13. The van der Waals surface area contributed by atoms with Gasteiger partial charge in [0.25, 0.3) is 5.17 Å². The molecule has 6 heteroatoms. The molecule has 104 valence electrons. The largest absolute Gasteiger partial charge is 0.507 e. The van der Waals surface area contributed by atoms with Gasteiger partial charge in [0.05, 0.1) is 6.61 Å². The number of carboxylic acids is 1. The molecule has 0 radical (unpaired) electrons. The molecule has 1 rings (SSSR count). The Kier molecular flexibility index (Phi) is 6.08. The molecule has 1 aromatic rings. The molecule has 3 N–H and O–H groups in total. The third-order valence-electron chi connectivity index (χ3n) is 2.45. The van der Waals surface area contributed by atoms with Crippen molar-refractivity contribution in [2.75, 3.05) is 11.9 Å². The lowest BCUT2D eigenvalue weighted by Gasteiger charge is -2.10. The lowest BCUT2D eigenvalue weighted by molar-refractivity contribution is 0.0694. The van der Waals surface area contributed by atoms with E-state index in [1.165, 1.54) is 18.2 Å². The quantitative estimate of drug-likeness (QED) is 0.423. The maximum atomic E-state index is 10.9. The standard InChI is InChI=1S/C13H17NO4S/c1-2-3-4-7-18-13(19)14-9-5-6-11(15)10(8-9)12(16)17/h5-6,8,15H,2-4,7H2,1H3,(H,14,19)(H,16,17). The van der Waals surface area contributed by atoms with Crippen molar-refractivity contribution in [1.82, 2.24) is 0 Å². The van der Waals surface area contributed by atoms with Gasteiger partial charge in [-0.15, -0.1) is 0 Å². The Balaban J connectivity index is 2.55. The molecule has 0 bridgehead atoms. The van der Waals surface area contributed by atoms with E-state index in [0.29, 0.717) is 12.3 Å². The van der Waals surface area contributed by atoms with Crippen LogP contribution in [0.3, 0.4) is 0 Å². The van der Waals surface area contributed by atoms with Crippen LogP contribution in [-0.4, -0.2) is 28.0 Å². The van der Waals surface area contributed by atoms with Gasteiger partial charge in [0, 0.05) is 5.69 Å². The second kappa shape index (κ2) is 7.58. The summed E-state index contributed by atoms with van der Waals surface area (Å²) in [6, 6.07) is 4.13. The van der Waals surface area contributed by atoms with Crippen molar-refractivity contribution in [3.63, 3.8) is 0 Å². The fourth-order valence-electron chi connectivity index (χ4n) is 1.46. The number of hydrogen-bond acceptors (Lipinski definition) is 4. The van der Waals surface area contributed by atoms with Gasteiger partial charge in [-0.3, -0.25) is 0 Å². The van der Waals surface area contributed by atoms with E-state index < -0.39 is 5.97 Å². The molecule has 0 saturated heterocycles. The van der Waals surface area contributed by atoms with Gasteiger partial charge in [-0.1, -0.05) is 19.8 Å².